The first kappa shape index (κ1) is 24.3. The zero-order valence-corrected chi connectivity index (χ0v) is 17.3. The molecule has 0 aromatic carbocycles. The molecule has 5 N–H and O–H groups in total. The minimum atomic E-state index is -1.61. The Balaban J connectivity index is 3.26. The fraction of sp³-hybridized carbons (Fsp3) is 0.722. The van der Waals surface area contributed by atoms with Gasteiger partial charge in [-0.3, -0.25) is 19.2 Å². The first-order valence-corrected chi connectivity index (χ1v) is 9.31. The van der Waals surface area contributed by atoms with E-state index in [1.807, 2.05) is 0 Å². The Hall–Kier alpha value is -2.69. The second-order valence-electron chi connectivity index (χ2n) is 7.50. The van der Waals surface area contributed by atoms with Gasteiger partial charge in [-0.05, 0) is 13.3 Å². The Morgan fingerprint density at radius 1 is 1.00 bits per heavy atom. The van der Waals surface area contributed by atoms with Gasteiger partial charge >= 0.3 is 5.97 Å². The van der Waals surface area contributed by atoms with E-state index in [2.05, 4.69) is 21.3 Å². The molecule has 1 rings (SSSR count). The van der Waals surface area contributed by atoms with Crippen LogP contribution < -0.4 is 21.3 Å². The third-order valence-electron chi connectivity index (χ3n) is 4.59. The highest BCUT2D eigenvalue weighted by molar-refractivity contribution is 5.78. The molecule has 0 aromatic rings. The van der Waals surface area contributed by atoms with Crippen LogP contribution in [-0.4, -0.2) is 71.1 Å². The van der Waals surface area contributed by atoms with E-state index in [1.54, 1.807) is 0 Å². The molecule has 1 aliphatic rings. The van der Waals surface area contributed by atoms with Gasteiger partial charge in [0, 0.05) is 46.7 Å². The number of carbonyl (C=O) groups excluding carboxylic acids is 4. The summed E-state index contributed by atoms with van der Waals surface area (Å²) in [6.45, 7) is 6.58. The second-order valence-corrected chi connectivity index (χ2v) is 7.50. The van der Waals surface area contributed by atoms with E-state index in [9.17, 15) is 29.1 Å². The summed E-state index contributed by atoms with van der Waals surface area (Å²) in [7, 11) is 0. The number of ether oxygens (including phenoxy) is 1. The van der Waals surface area contributed by atoms with Crippen LogP contribution in [0.1, 0.15) is 47.5 Å². The molecule has 1 aliphatic heterocycles. The minimum Gasteiger partial charge on any atom is -0.479 e. The second kappa shape index (κ2) is 10.2. The third-order valence-corrected chi connectivity index (χ3v) is 4.59. The van der Waals surface area contributed by atoms with Crippen molar-refractivity contribution in [1.82, 2.24) is 21.3 Å². The lowest BCUT2D eigenvalue weighted by molar-refractivity contribution is -0.187. The smallest absolute Gasteiger partial charge is 0.335 e. The molecule has 5 atom stereocenters. The number of carboxylic acid groups (broad SMARTS) is 1. The predicted molar refractivity (Wildman–Crippen MR) is 102 cm³/mol. The number of amides is 4. The molecule has 0 bridgehead atoms. The molecule has 3 unspecified atom stereocenters. The summed E-state index contributed by atoms with van der Waals surface area (Å²) in [5, 5.41) is 20.3. The van der Waals surface area contributed by atoms with Crippen molar-refractivity contribution in [2.75, 3.05) is 6.54 Å². The van der Waals surface area contributed by atoms with E-state index >= 15 is 0 Å². The van der Waals surface area contributed by atoms with Gasteiger partial charge in [-0.15, -0.1) is 0 Å². The third kappa shape index (κ3) is 7.68. The monoisotopic (exact) mass is 414 g/mol. The normalized spacial score (nSPS) is 25.8. The zero-order chi connectivity index (χ0) is 22.4. The molecule has 11 heteroatoms. The molecule has 0 radical (unpaired) electrons. The number of carbonyl (C=O) groups is 5. The maximum Gasteiger partial charge on any atom is 0.335 e. The average molecular weight is 414 g/mol. The van der Waals surface area contributed by atoms with Gasteiger partial charge < -0.3 is 31.1 Å². The topological polar surface area (TPSA) is 163 Å². The van der Waals surface area contributed by atoms with Gasteiger partial charge in [-0.25, -0.2) is 4.79 Å². The molecular formula is C18H30N4O7. The number of aliphatic carboxylic acids is 1. The number of hydrogen-bond acceptors (Lipinski definition) is 6. The van der Waals surface area contributed by atoms with Crippen molar-refractivity contribution >= 4 is 29.6 Å². The number of rotatable bonds is 8. The summed E-state index contributed by atoms with van der Waals surface area (Å²) in [6, 6.07) is -2.12. The Bertz CT molecular complexity index is 669. The van der Waals surface area contributed by atoms with E-state index in [1.165, 1.54) is 34.6 Å². The quantitative estimate of drug-likeness (QED) is 0.328. The number of carboxylic acids is 1. The molecule has 0 aliphatic carbocycles. The summed E-state index contributed by atoms with van der Waals surface area (Å²) < 4.78 is 5.85. The van der Waals surface area contributed by atoms with Crippen molar-refractivity contribution in [2.24, 2.45) is 0 Å². The molecule has 29 heavy (non-hydrogen) atoms. The standard InChI is InChI=1S/C18H30N4O7/c1-9(23)19-8-14(21-11(3)25)16(22-12(4)26)15-6-13(20-10(2)24)7-18(5,29-15)17(27)28/h13-16H,6-8H2,1-5H3,(H,19,23)(H,20,24)(H,21,25)(H,22,26)(H,27,28)/t13-,14?,15?,16?,18-/m0/s1. The maximum absolute atomic E-state index is 11.8. The van der Waals surface area contributed by atoms with Crippen molar-refractivity contribution in [3.8, 4) is 0 Å². The largest absolute Gasteiger partial charge is 0.479 e. The Labute approximate surface area is 169 Å². The molecular weight excluding hydrogens is 384 g/mol. The fourth-order valence-electron chi connectivity index (χ4n) is 3.49. The molecule has 4 amide bonds. The lowest BCUT2D eigenvalue weighted by Gasteiger charge is -2.44. The van der Waals surface area contributed by atoms with E-state index in [0.717, 1.165) is 0 Å². The molecule has 164 valence electrons. The molecule has 0 saturated carbocycles. The van der Waals surface area contributed by atoms with Crippen LogP contribution in [0.15, 0.2) is 0 Å². The average Bonchev–Trinajstić information content (AvgIpc) is 2.54. The molecule has 0 spiro atoms. The molecule has 0 aromatic heterocycles. The van der Waals surface area contributed by atoms with E-state index in [-0.39, 0.29) is 31.2 Å². The Morgan fingerprint density at radius 3 is 2.03 bits per heavy atom. The van der Waals surface area contributed by atoms with Gasteiger partial charge in [0.1, 0.15) is 0 Å². The lowest BCUT2D eigenvalue weighted by atomic mass is 9.85. The zero-order valence-electron chi connectivity index (χ0n) is 17.3. The summed E-state index contributed by atoms with van der Waals surface area (Å²) >= 11 is 0. The van der Waals surface area contributed by atoms with E-state index in [0.29, 0.717) is 0 Å². The Kier molecular flexibility index (Phi) is 8.56. The highest BCUT2D eigenvalue weighted by Gasteiger charge is 2.48. The van der Waals surface area contributed by atoms with Crippen LogP contribution in [0.25, 0.3) is 0 Å². The van der Waals surface area contributed by atoms with Crippen LogP contribution in [0, 0.1) is 0 Å². The minimum absolute atomic E-state index is 0.00565. The summed E-state index contributed by atoms with van der Waals surface area (Å²) in [4.78, 5) is 58.2. The van der Waals surface area contributed by atoms with Crippen LogP contribution in [0.3, 0.4) is 0 Å². The Morgan fingerprint density at radius 2 is 1.59 bits per heavy atom. The van der Waals surface area contributed by atoms with Crippen molar-refractivity contribution in [3.05, 3.63) is 0 Å². The fourth-order valence-corrected chi connectivity index (χ4v) is 3.49. The van der Waals surface area contributed by atoms with Crippen LogP contribution in [0.4, 0.5) is 0 Å². The van der Waals surface area contributed by atoms with Gasteiger partial charge in [0.25, 0.3) is 0 Å². The van der Waals surface area contributed by atoms with Crippen LogP contribution in [0.5, 0.6) is 0 Å². The van der Waals surface area contributed by atoms with Crippen molar-refractivity contribution < 1.29 is 33.8 Å². The van der Waals surface area contributed by atoms with E-state index in [4.69, 9.17) is 4.74 Å². The molecule has 1 heterocycles. The van der Waals surface area contributed by atoms with Gasteiger partial charge in [-0.2, -0.15) is 0 Å². The van der Waals surface area contributed by atoms with Crippen LogP contribution >= 0.6 is 0 Å². The first-order chi connectivity index (χ1) is 13.3. The molecule has 11 nitrogen and oxygen atoms in total. The highest BCUT2D eigenvalue weighted by atomic mass is 16.5. The first-order valence-electron chi connectivity index (χ1n) is 9.31. The van der Waals surface area contributed by atoms with E-state index < -0.39 is 47.6 Å². The van der Waals surface area contributed by atoms with Gasteiger partial charge in [-0.1, -0.05) is 0 Å². The highest BCUT2D eigenvalue weighted by Crippen LogP contribution is 2.31. The van der Waals surface area contributed by atoms with Gasteiger partial charge in [0.15, 0.2) is 5.60 Å². The van der Waals surface area contributed by atoms with Crippen LogP contribution in [-0.2, 0) is 28.7 Å². The molecule has 1 fully saturated rings. The number of hydrogen-bond donors (Lipinski definition) is 5. The lowest BCUT2D eigenvalue weighted by Crippen LogP contribution is -2.65. The summed E-state index contributed by atoms with van der Waals surface area (Å²) in [6.07, 6.45) is -0.596. The van der Waals surface area contributed by atoms with Crippen molar-refractivity contribution in [2.45, 2.75) is 77.3 Å². The van der Waals surface area contributed by atoms with Gasteiger partial charge in [0.2, 0.25) is 23.6 Å². The van der Waals surface area contributed by atoms with Crippen molar-refractivity contribution in [3.63, 3.8) is 0 Å². The summed E-state index contributed by atoms with van der Waals surface area (Å²) in [5.41, 5.74) is -1.61. The van der Waals surface area contributed by atoms with Crippen LogP contribution in [0.2, 0.25) is 0 Å². The SMILES string of the molecule is CC(=O)NCC(NC(C)=O)C(NC(C)=O)C1C[C@H](NC(C)=O)C[C@@](C)(C(=O)O)O1. The predicted octanol–water partition coefficient (Wildman–Crippen LogP) is -1.34. The van der Waals surface area contributed by atoms with Crippen molar-refractivity contribution in [1.29, 1.82) is 0 Å². The molecule has 1 saturated heterocycles. The maximum atomic E-state index is 11.8. The summed E-state index contributed by atoms with van der Waals surface area (Å²) in [5.74, 6) is -2.69. The number of nitrogens with one attached hydrogen (secondary N) is 4. The van der Waals surface area contributed by atoms with Gasteiger partial charge in [0.05, 0.1) is 18.2 Å².